The lowest BCUT2D eigenvalue weighted by atomic mass is 9.94. The molecule has 1 saturated heterocycles. The van der Waals surface area contributed by atoms with E-state index in [9.17, 15) is 13.2 Å². The van der Waals surface area contributed by atoms with Crippen molar-refractivity contribution in [2.75, 3.05) is 24.5 Å². The van der Waals surface area contributed by atoms with E-state index in [-0.39, 0.29) is 10.8 Å². The van der Waals surface area contributed by atoms with E-state index in [1.807, 2.05) is 18.2 Å². The number of aryl methyl sites for hydroxylation is 1. The number of carbonyl (C=O) groups excluding carboxylic acids is 1. The van der Waals surface area contributed by atoms with Crippen molar-refractivity contribution in [3.63, 3.8) is 0 Å². The monoisotopic (exact) mass is 412 g/mol. The first-order valence-electron chi connectivity index (χ1n) is 10.4. The van der Waals surface area contributed by atoms with Gasteiger partial charge in [-0.3, -0.25) is 4.79 Å². The fraction of sp³-hybridized carbons (Fsp3) is 0.435. The summed E-state index contributed by atoms with van der Waals surface area (Å²) in [5, 5.41) is 0. The molecule has 2 heterocycles. The van der Waals surface area contributed by atoms with E-state index in [0.29, 0.717) is 37.0 Å². The second-order valence-electron chi connectivity index (χ2n) is 8.48. The number of carbonyl (C=O) groups is 1. The first kappa shape index (κ1) is 20.1. The van der Waals surface area contributed by atoms with Crippen molar-refractivity contribution in [2.24, 2.45) is 11.8 Å². The maximum Gasteiger partial charge on any atom is 0.258 e. The number of rotatable bonds is 3. The number of nitrogens with zero attached hydrogens (tertiary/aromatic N) is 2. The topological polar surface area (TPSA) is 57.7 Å². The molecule has 2 atom stereocenters. The summed E-state index contributed by atoms with van der Waals surface area (Å²) < 4.78 is 27.7. The number of fused-ring (bicyclic) bond motifs is 1. The van der Waals surface area contributed by atoms with Crippen LogP contribution >= 0.6 is 0 Å². The Morgan fingerprint density at radius 2 is 1.62 bits per heavy atom. The number of benzene rings is 2. The molecule has 6 heteroatoms. The van der Waals surface area contributed by atoms with Crippen molar-refractivity contribution in [3.8, 4) is 0 Å². The third kappa shape index (κ3) is 3.96. The molecule has 0 aliphatic carbocycles. The van der Waals surface area contributed by atoms with Crippen LogP contribution in [0.3, 0.4) is 0 Å². The normalized spacial score (nSPS) is 22.9. The summed E-state index contributed by atoms with van der Waals surface area (Å²) in [7, 11) is -3.54. The largest absolute Gasteiger partial charge is 0.308 e. The molecule has 2 aliphatic rings. The molecule has 0 saturated carbocycles. The van der Waals surface area contributed by atoms with E-state index in [1.165, 1.54) is 5.56 Å². The molecule has 0 spiro atoms. The van der Waals surface area contributed by atoms with Crippen molar-refractivity contribution in [2.45, 2.75) is 38.0 Å². The molecular formula is C23H28N2O3S. The van der Waals surface area contributed by atoms with Crippen molar-refractivity contribution in [3.05, 3.63) is 59.7 Å². The second-order valence-corrected chi connectivity index (χ2v) is 10.4. The summed E-state index contributed by atoms with van der Waals surface area (Å²) in [5.74, 6) is 0.628. The van der Waals surface area contributed by atoms with Crippen LogP contribution < -0.4 is 4.90 Å². The number of para-hydroxylation sites is 1. The Morgan fingerprint density at radius 1 is 0.966 bits per heavy atom. The van der Waals surface area contributed by atoms with Gasteiger partial charge in [0.15, 0.2) is 0 Å². The third-order valence-corrected chi connectivity index (χ3v) is 7.78. The molecule has 1 amide bonds. The minimum absolute atomic E-state index is 0.0821. The fourth-order valence-electron chi connectivity index (χ4n) is 4.62. The zero-order valence-electron chi connectivity index (χ0n) is 17.0. The molecule has 0 bridgehead atoms. The molecule has 2 aromatic carbocycles. The highest BCUT2D eigenvalue weighted by molar-refractivity contribution is 7.89. The average molecular weight is 413 g/mol. The first-order chi connectivity index (χ1) is 13.9. The van der Waals surface area contributed by atoms with Gasteiger partial charge >= 0.3 is 0 Å². The van der Waals surface area contributed by atoms with Gasteiger partial charge in [-0.1, -0.05) is 32.0 Å². The number of hydrogen-bond acceptors (Lipinski definition) is 3. The van der Waals surface area contributed by atoms with Crippen LogP contribution in [0.2, 0.25) is 0 Å². The van der Waals surface area contributed by atoms with Crippen LogP contribution in [0, 0.1) is 11.8 Å². The lowest BCUT2D eigenvalue weighted by Gasteiger charge is -2.34. The smallest absolute Gasteiger partial charge is 0.258 e. The van der Waals surface area contributed by atoms with E-state index in [1.54, 1.807) is 33.5 Å². The summed E-state index contributed by atoms with van der Waals surface area (Å²) in [6, 6.07) is 14.4. The highest BCUT2D eigenvalue weighted by Crippen LogP contribution is 2.29. The molecule has 0 N–H and O–H groups in total. The predicted octanol–water partition coefficient (Wildman–Crippen LogP) is 3.95. The number of anilines is 1. The Hall–Kier alpha value is -2.18. The molecule has 4 rings (SSSR count). The number of amides is 1. The van der Waals surface area contributed by atoms with E-state index >= 15 is 0 Å². The van der Waals surface area contributed by atoms with Gasteiger partial charge in [0.05, 0.1) is 4.90 Å². The molecule has 0 radical (unpaired) electrons. The summed E-state index contributed by atoms with van der Waals surface area (Å²) in [6.07, 6.45) is 2.96. The standard InChI is InChI=1S/C23H28N2O3S/c1-17-14-18(2)16-24(15-17)29(27,28)21-11-9-20(10-12-21)23(26)25-13-5-7-19-6-3-4-8-22(19)25/h3-4,6,8-12,17-18H,5,7,13-16H2,1-2H3/t17-,18-/m1/s1. The van der Waals surface area contributed by atoms with Gasteiger partial charge in [0.1, 0.15) is 0 Å². The maximum absolute atomic E-state index is 13.1. The molecular weight excluding hydrogens is 384 g/mol. The van der Waals surface area contributed by atoms with Gasteiger partial charge < -0.3 is 4.90 Å². The molecule has 1 fully saturated rings. The molecule has 154 valence electrons. The predicted molar refractivity (Wildman–Crippen MR) is 115 cm³/mol. The van der Waals surface area contributed by atoms with E-state index in [2.05, 4.69) is 19.9 Å². The van der Waals surface area contributed by atoms with Gasteiger partial charge in [0.25, 0.3) is 5.91 Å². The van der Waals surface area contributed by atoms with E-state index in [0.717, 1.165) is 24.9 Å². The second kappa shape index (κ2) is 7.92. The summed E-state index contributed by atoms with van der Waals surface area (Å²) >= 11 is 0. The number of sulfonamides is 1. The van der Waals surface area contributed by atoms with E-state index < -0.39 is 10.0 Å². The van der Waals surface area contributed by atoms with E-state index in [4.69, 9.17) is 0 Å². The number of piperidine rings is 1. The van der Waals surface area contributed by atoms with Gasteiger partial charge in [-0.15, -0.1) is 0 Å². The number of hydrogen-bond donors (Lipinski definition) is 0. The minimum atomic E-state index is -3.54. The van der Waals surface area contributed by atoms with Gasteiger partial charge in [-0.2, -0.15) is 4.31 Å². The zero-order chi connectivity index (χ0) is 20.6. The Kier molecular flexibility index (Phi) is 5.49. The fourth-order valence-corrected chi connectivity index (χ4v) is 6.30. The lowest BCUT2D eigenvalue weighted by molar-refractivity contribution is 0.0985. The third-order valence-electron chi connectivity index (χ3n) is 5.93. The summed E-state index contributed by atoms with van der Waals surface area (Å²) in [4.78, 5) is 15.1. The van der Waals surface area contributed by atoms with Crippen LogP contribution in [-0.4, -0.2) is 38.3 Å². The van der Waals surface area contributed by atoms with Gasteiger partial charge in [-0.25, -0.2) is 8.42 Å². The molecule has 0 unspecified atom stereocenters. The SMILES string of the molecule is C[C@@H]1C[C@@H](C)CN(S(=O)(=O)c2ccc(C(=O)N3CCCc4ccccc43)cc2)C1. The Bertz CT molecular complexity index is 991. The van der Waals surface area contributed by atoms with Gasteiger partial charge in [0.2, 0.25) is 10.0 Å². The van der Waals surface area contributed by atoms with Gasteiger partial charge in [-0.05, 0) is 67.0 Å². The van der Waals surface area contributed by atoms with Crippen molar-refractivity contribution in [1.29, 1.82) is 0 Å². The first-order valence-corrected chi connectivity index (χ1v) is 11.8. The quantitative estimate of drug-likeness (QED) is 0.767. The van der Waals surface area contributed by atoms with Crippen LogP contribution in [-0.2, 0) is 16.4 Å². The van der Waals surface area contributed by atoms with Crippen LogP contribution in [0.5, 0.6) is 0 Å². The summed E-state index contributed by atoms with van der Waals surface area (Å²) in [5.41, 5.74) is 2.65. The highest BCUT2D eigenvalue weighted by Gasteiger charge is 2.32. The molecule has 2 aliphatic heterocycles. The molecule has 0 aromatic heterocycles. The molecule has 5 nitrogen and oxygen atoms in total. The lowest BCUT2D eigenvalue weighted by Crippen LogP contribution is -2.42. The van der Waals surface area contributed by atoms with Crippen LogP contribution in [0.1, 0.15) is 42.6 Å². The highest BCUT2D eigenvalue weighted by atomic mass is 32.2. The van der Waals surface area contributed by atoms with Crippen molar-refractivity contribution < 1.29 is 13.2 Å². The average Bonchev–Trinajstić information content (AvgIpc) is 2.72. The minimum Gasteiger partial charge on any atom is -0.308 e. The van der Waals surface area contributed by atoms with Crippen molar-refractivity contribution >= 4 is 21.6 Å². The van der Waals surface area contributed by atoms with Crippen LogP contribution in [0.15, 0.2) is 53.4 Å². The Morgan fingerprint density at radius 3 is 2.31 bits per heavy atom. The van der Waals surface area contributed by atoms with Crippen molar-refractivity contribution in [1.82, 2.24) is 4.31 Å². The van der Waals surface area contributed by atoms with Crippen LogP contribution in [0.4, 0.5) is 5.69 Å². The Balaban J connectivity index is 1.56. The zero-order valence-corrected chi connectivity index (χ0v) is 17.9. The Labute approximate surface area is 173 Å². The van der Waals surface area contributed by atoms with Crippen LogP contribution in [0.25, 0.3) is 0 Å². The molecule has 29 heavy (non-hydrogen) atoms. The van der Waals surface area contributed by atoms with Gasteiger partial charge in [0, 0.05) is 30.9 Å². The molecule has 2 aromatic rings. The maximum atomic E-state index is 13.1. The summed E-state index contributed by atoms with van der Waals surface area (Å²) in [6.45, 7) is 5.97.